The molecule has 3 nitrogen and oxygen atoms in total. The number of esters is 1. The molecule has 2 rings (SSSR count). The lowest BCUT2D eigenvalue weighted by Crippen LogP contribution is -2.07. The zero-order valence-corrected chi connectivity index (χ0v) is 12.5. The van der Waals surface area contributed by atoms with E-state index < -0.39 is 11.8 Å². The van der Waals surface area contributed by atoms with Crippen molar-refractivity contribution in [3.05, 3.63) is 63.9 Å². The van der Waals surface area contributed by atoms with Crippen molar-refractivity contribution in [1.29, 1.82) is 0 Å². The highest BCUT2D eigenvalue weighted by Gasteiger charge is 2.12. The molecule has 0 radical (unpaired) electrons. The molecular weight excluding hydrogens is 293 g/mol. The Bertz CT molecular complexity index is 673. The third-order valence-corrected chi connectivity index (χ3v) is 3.39. The zero-order valence-electron chi connectivity index (χ0n) is 11.7. The highest BCUT2D eigenvalue weighted by molar-refractivity contribution is 6.30. The van der Waals surface area contributed by atoms with Gasteiger partial charge in [0.2, 0.25) is 0 Å². The molecule has 2 aromatic rings. The van der Waals surface area contributed by atoms with E-state index >= 15 is 0 Å². The minimum atomic E-state index is -0.696. The smallest absolute Gasteiger partial charge is 0.340 e. The topological polar surface area (TPSA) is 38.3 Å². The van der Waals surface area contributed by atoms with Gasteiger partial charge in [-0.15, -0.1) is 0 Å². The van der Waals surface area contributed by atoms with Crippen molar-refractivity contribution in [2.75, 3.05) is 12.4 Å². The van der Waals surface area contributed by atoms with Gasteiger partial charge in [0.1, 0.15) is 5.82 Å². The Labute approximate surface area is 127 Å². The molecule has 2 aromatic carbocycles. The van der Waals surface area contributed by atoms with Gasteiger partial charge in [-0.05, 0) is 48.4 Å². The van der Waals surface area contributed by atoms with Gasteiger partial charge in [0.25, 0.3) is 0 Å². The molecule has 0 aliphatic rings. The molecule has 21 heavy (non-hydrogen) atoms. The van der Waals surface area contributed by atoms with Gasteiger partial charge < -0.3 is 10.1 Å². The fraction of sp³-hybridized carbons (Fsp3) is 0.188. The van der Waals surface area contributed by atoms with Gasteiger partial charge in [-0.3, -0.25) is 0 Å². The standard InChI is InChI=1S/C16H15ClFNO2/c1-10-7-12(17)4-3-11(10)9-19-13-5-6-15(18)14(8-13)16(20)21-2/h3-8,19H,9H2,1-2H3. The largest absolute Gasteiger partial charge is 0.465 e. The third-order valence-electron chi connectivity index (χ3n) is 3.16. The average Bonchev–Trinajstić information content (AvgIpc) is 2.47. The van der Waals surface area contributed by atoms with Gasteiger partial charge in [0, 0.05) is 17.3 Å². The molecule has 0 saturated carbocycles. The Balaban J connectivity index is 2.15. The molecule has 0 spiro atoms. The molecule has 5 heteroatoms. The van der Waals surface area contributed by atoms with Gasteiger partial charge in [-0.1, -0.05) is 17.7 Å². The Hall–Kier alpha value is -2.07. The Morgan fingerprint density at radius 2 is 2.05 bits per heavy atom. The summed E-state index contributed by atoms with van der Waals surface area (Å²) < 4.78 is 18.1. The number of benzene rings is 2. The zero-order chi connectivity index (χ0) is 15.4. The van der Waals surface area contributed by atoms with E-state index in [2.05, 4.69) is 10.1 Å². The highest BCUT2D eigenvalue weighted by atomic mass is 35.5. The number of hydrogen-bond acceptors (Lipinski definition) is 3. The van der Waals surface area contributed by atoms with Crippen molar-refractivity contribution in [2.24, 2.45) is 0 Å². The second-order valence-corrected chi connectivity index (χ2v) is 5.05. The summed E-state index contributed by atoms with van der Waals surface area (Å²) in [6, 6.07) is 9.87. The molecule has 0 aliphatic heterocycles. The van der Waals surface area contributed by atoms with Crippen molar-refractivity contribution < 1.29 is 13.9 Å². The van der Waals surface area contributed by atoms with Gasteiger partial charge in [0.05, 0.1) is 12.7 Å². The maximum absolute atomic E-state index is 13.5. The normalized spacial score (nSPS) is 10.3. The lowest BCUT2D eigenvalue weighted by atomic mass is 10.1. The van der Waals surface area contributed by atoms with Crippen LogP contribution in [0.15, 0.2) is 36.4 Å². The van der Waals surface area contributed by atoms with E-state index in [1.807, 2.05) is 25.1 Å². The fourth-order valence-electron chi connectivity index (χ4n) is 1.96. The first kappa shape index (κ1) is 15.3. The molecule has 0 heterocycles. The van der Waals surface area contributed by atoms with Crippen LogP contribution >= 0.6 is 11.6 Å². The number of carbonyl (C=O) groups is 1. The van der Waals surface area contributed by atoms with Gasteiger partial charge in [-0.25, -0.2) is 9.18 Å². The molecule has 1 N–H and O–H groups in total. The van der Waals surface area contributed by atoms with Crippen LogP contribution in [-0.2, 0) is 11.3 Å². The maximum atomic E-state index is 13.5. The van der Waals surface area contributed by atoms with E-state index in [1.165, 1.54) is 19.2 Å². The number of anilines is 1. The van der Waals surface area contributed by atoms with E-state index in [0.29, 0.717) is 17.3 Å². The number of aryl methyl sites for hydroxylation is 1. The number of carbonyl (C=O) groups excluding carboxylic acids is 1. The molecular formula is C16H15ClFNO2. The molecule has 0 unspecified atom stereocenters. The quantitative estimate of drug-likeness (QED) is 0.861. The van der Waals surface area contributed by atoms with Crippen molar-refractivity contribution in [3.8, 4) is 0 Å². The molecule has 0 saturated heterocycles. The molecule has 0 aromatic heterocycles. The SMILES string of the molecule is COC(=O)c1cc(NCc2ccc(Cl)cc2C)ccc1F. The predicted molar refractivity (Wildman–Crippen MR) is 81.3 cm³/mol. The summed E-state index contributed by atoms with van der Waals surface area (Å²) in [5.74, 6) is -1.30. The van der Waals surface area contributed by atoms with Crippen LogP contribution in [0.2, 0.25) is 5.02 Å². The van der Waals surface area contributed by atoms with Crippen molar-refractivity contribution in [2.45, 2.75) is 13.5 Å². The number of hydrogen-bond donors (Lipinski definition) is 1. The van der Waals surface area contributed by atoms with E-state index in [4.69, 9.17) is 11.6 Å². The second kappa shape index (κ2) is 6.59. The first-order valence-electron chi connectivity index (χ1n) is 6.38. The molecule has 0 bridgehead atoms. The third kappa shape index (κ3) is 3.73. The Kier molecular flexibility index (Phi) is 4.81. The first-order chi connectivity index (χ1) is 10.0. The Morgan fingerprint density at radius 3 is 2.71 bits per heavy atom. The van der Waals surface area contributed by atoms with E-state index in [1.54, 1.807) is 6.07 Å². The minimum Gasteiger partial charge on any atom is -0.465 e. The lowest BCUT2D eigenvalue weighted by Gasteiger charge is -2.11. The monoisotopic (exact) mass is 307 g/mol. The van der Waals surface area contributed by atoms with E-state index in [-0.39, 0.29) is 5.56 Å². The molecule has 0 amide bonds. The summed E-state index contributed by atoms with van der Waals surface area (Å²) in [4.78, 5) is 11.4. The van der Waals surface area contributed by atoms with Gasteiger partial charge >= 0.3 is 5.97 Å². The van der Waals surface area contributed by atoms with Crippen LogP contribution in [0.3, 0.4) is 0 Å². The number of halogens is 2. The maximum Gasteiger partial charge on any atom is 0.340 e. The van der Waals surface area contributed by atoms with Crippen LogP contribution in [0.5, 0.6) is 0 Å². The minimum absolute atomic E-state index is 0.0877. The summed E-state index contributed by atoms with van der Waals surface area (Å²) in [6.45, 7) is 2.52. The summed E-state index contributed by atoms with van der Waals surface area (Å²) in [5, 5.41) is 3.84. The van der Waals surface area contributed by atoms with Crippen molar-refractivity contribution >= 4 is 23.3 Å². The van der Waals surface area contributed by atoms with Gasteiger partial charge in [0.15, 0.2) is 0 Å². The number of ether oxygens (including phenoxy) is 1. The Morgan fingerprint density at radius 1 is 1.29 bits per heavy atom. The van der Waals surface area contributed by atoms with Crippen LogP contribution in [0.25, 0.3) is 0 Å². The van der Waals surface area contributed by atoms with Crippen LogP contribution < -0.4 is 5.32 Å². The molecule has 110 valence electrons. The van der Waals surface area contributed by atoms with Gasteiger partial charge in [-0.2, -0.15) is 0 Å². The van der Waals surface area contributed by atoms with Crippen molar-refractivity contribution in [1.82, 2.24) is 0 Å². The summed E-state index contributed by atoms with van der Waals surface area (Å²) >= 11 is 5.91. The van der Waals surface area contributed by atoms with E-state index in [9.17, 15) is 9.18 Å². The van der Waals surface area contributed by atoms with Crippen LogP contribution in [-0.4, -0.2) is 13.1 Å². The average molecular weight is 308 g/mol. The first-order valence-corrected chi connectivity index (χ1v) is 6.76. The predicted octanol–water partition coefficient (Wildman–Crippen LogP) is 4.19. The molecule has 0 aliphatic carbocycles. The highest BCUT2D eigenvalue weighted by Crippen LogP contribution is 2.19. The number of rotatable bonds is 4. The summed E-state index contributed by atoms with van der Waals surface area (Å²) in [7, 11) is 1.22. The second-order valence-electron chi connectivity index (χ2n) is 4.61. The van der Waals surface area contributed by atoms with Crippen molar-refractivity contribution in [3.63, 3.8) is 0 Å². The van der Waals surface area contributed by atoms with Crippen LogP contribution in [0.1, 0.15) is 21.5 Å². The summed E-state index contributed by atoms with van der Waals surface area (Å²) in [6.07, 6.45) is 0. The number of methoxy groups -OCH3 is 1. The summed E-state index contributed by atoms with van der Waals surface area (Å²) in [5.41, 5.74) is 2.69. The molecule has 0 atom stereocenters. The van der Waals surface area contributed by atoms with E-state index in [0.717, 1.165) is 11.1 Å². The van der Waals surface area contributed by atoms with Crippen LogP contribution in [0.4, 0.5) is 10.1 Å². The van der Waals surface area contributed by atoms with Crippen LogP contribution in [0, 0.1) is 12.7 Å². The fourth-order valence-corrected chi connectivity index (χ4v) is 2.18. The molecule has 0 fully saturated rings. The number of nitrogens with one attached hydrogen (secondary N) is 1. The lowest BCUT2D eigenvalue weighted by molar-refractivity contribution is 0.0595.